The number of nitrogens with zero attached hydrogens (tertiary/aromatic N) is 4. The van der Waals surface area contributed by atoms with E-state index in [1.807, 2.05) is 108 Å². The Bertz CT molecular complexity index is 2600. The van der Waals surface area contributed by atoms with Gasteiger partial charge < -0.3 is 66.0 Å². The second kappa shape index (κ2) is 36.7. The fourth-order valence-corrected chi connectivity index (χ4v) is 11.6. The summed E-state index contributed by atoms with van der Waals surface area (Å²) in [6.07, 6.45) is 1.63. The highest BCUT2D eigenvalue weighted by molar-refractivity contribution is 6.00. The van der Waals surface area contributed by atoms with Crippen molar-refractivity contribution in [1.29, 1.82) is 0 Å². The summed E-state index contributed by atoms with van der Waals surface area (Å²) in [5.41, 5.74) is 6.80. The van der Waals surface area contributed by atoms with E-state index in [0.717, 1.165) is 11.1 Å². The molecule has 0 bridgehead atoms. The molecule has 1 heterocycles. The standard InChI is InChI=1S/C66H108N10O13/c1-19-43(8)56(51(86-16)39-52(77)76-36-25-29-50(76)57(87-17)44(9)58(78)70-49(63(83)88-18)38-46-26-21-20-22-27-46)75(15)62(82)54(41(4)5)71-60(80)55(42(6)7)73(13)37-34-45-30-32-47(33-31-45)74(14)61(81)48(28-23-24-35-68-64(67)84)69-59(79)53(40(2)3)72-65(85)89-66(10,11)12/h20-22,26-27,30-33,40-44,48-51,53-57H,19,23-25,28-29,34-39H2,1-18H3,(H,69,79)(H,70,78)(H,71,80)(H,72,85)(H3,67,68,84)/t43-,44+,48-,49-,50-,51+,53-,54-,55-,56-,57+/m0/s1. The van der Waals surface area contributed by atoms with Crippen LogP contribution in [0, 0.1) is 29.6 Å². The van der Waals surface area contributed by atoms with Gasteiger partial charge in [-0.2, -0.15) is 0 Å². The lowest BCUT2D eigenvalue weighted by atomic mass is 9.89. The van der Waals surface area contributed by atoms with Gasteiger partial charge in [0.05, 0.1) is 49.8 Å². The summed E-state index contributed by atoms with van der Waals surface area (Å²) in [7, 11) is 9.50. The second-order valence-corrected chi connectivity index (χ2v) is 25.8. The van der Waals surface area contributed by atoms with Gasteiger partial charge in [0.2, 0.25) is 35.4 Å². The van der Waals surface area contributed by atoms with Crippen molar-refractivity contribution in [2.45, 2.75) is 201 Å². The monoisotopic (exact) mass is 1250 g/mol. The third-order valence-electron chi connectivity index (χ3n) is 16.8. The molecule has 0 aliphatic carbocycles. The van der Waals surface area contributed by atoms with Crippen LogP contribution in [0.25, 0.3) is 0 Å². The van der Waals surface area contributed by atoms with Gasteiger partial charge in [0, 0.05) is 60.1 Å². The SMILES string of the molecule is CC[C@H](C)[C@@H]([C@@H](CC(=O)N1CCC[C@H]1[C@H](OC)[C@@H](C)C(=O)N[C@@H](Cc1ccccc1)C(=O)OC)OC)N(C)C(=O)[C@@H](NC(=O)[C@H](C(C)C)N(C)CCc1ccc(N(C)C(=O)[C@H](CCCCNC(N)=O)NC(=O)[C@@H](NC(=O)OC(C)(C)C)C(C)C)cc1)C(C)C. The molecule has 3 rings (SSSR count). The van der Waals surface area contributed by atoms with Crippen molar-refractivity contribution >= 4 is 59.2 Å². The van der Waals surface area contributed by atoms with Gasteiger partial charge in [-0.25, -0.2) is 14.4 Å². The van der Waals surface area contributed by atoms with E-state index in [1.165, 1.54) is 26.2 Å². The Hall–Kier alpha value is -6.85. The van der Waals surface area contributed by atoms with Crippen molar-refractivity contribution in [3.8, 4) is 0 Å². The Labute approximate surface area is 529 Å². The fourth-order valence-electron chi connectivity index (χ4n) is 11.6. The molecule has 23 heteroatoms. The first-order valence-corrected chi connectivity index (χ1v) is 31.6. The van der Waals surface area contributed by atoms with E-state index >= 15 is 0 Å². The van der Waals surface area contributed by atoms with Crippen molar-refractivity contribution in [3.05, 3.63) is 65.7 Å². The second-order valence-electron chi connectivity index (χ2n) is 25.8. The van der Waals surface area contributed by atoms with Crippen LogP contribution < -0.4 is 37.2 Å². The quantitative estimate of drug-likeness (QED) is 0.0342. The number of carbonyl (C=O) groups is 9. The highest BCUT2D eigenvalue weighted by Gasteiger charge is 2.44. The highest BCUT2D eigenvalue weighted by Crippen LogP contribution is 2.30. The molecule has 9 amide bonds. The number of rotatable bonds is 35. The number of anilines is 1. The van der Waals surface area contributed by atoms with E-state index in [9.17, 15) is 43.2 Å². The first kappa shape index (κ1) is 76.4. The summed E-state index contributed by atoms with van der Waals surface area (Å²) in [5.74, 6) is -4.47. The normalized spacial score (nSPS) is 16.8. The Morgan fingerprint density at radius 1 is 0.708 bits per heavy atom. The summed E-state index contributed by atoms with van der Waals surface area (Å²) in [5, 5.41) is 14.0. The Balaban J connectivity index is 1.75. The van der Waals surface area contributed by atoms with Gasteiger partial charge in [-0.05, 0) is 113 Å². The third-order valence-corrected chi connectivity index (χ3v) is 16.8. The average Bonchev–Trinajstić information content (AvgIpc) is 2.30. The molecule has 2 aromatic rings. The molecular weight excluding hydrogens is 1140 g/mol. The number of esters is 1. The molecule has 0 aromatic heterocycles. The predicted octanol–water partition coefficient (Wildman–Crippen LogP) is 5.98. The number of benzene rings is 2. The van der Waals surface area contributed by atoms with E-state index in [4.69, 9.17) is 24.7 Å². The first-order valence-electron chi connectivity index (χ1n) is 31.6. The Morgan fingerprint density at radius 3 is 1.87 bits per heavy atom. The minimum Gasteiger partial charge on any atom is -0.467 e. The molecule has 1 aliphatic heterocycles. The van der Waals surface area contributed by atoms with E-state index in [2.05, 4.69) is 26.6 Å². The Morgan fingerprint density at radius 2 is 1.33 bits per heavy atom. The number of methoxy groups -OCH3 is 3. The summed E-state index contributed by atoms with van der Waals surface area (Å²) < 4.78 is 22.6. The highest BCUT2D eigenvalue weighted by atomic mass is 16.6. The number of hydrogen-bond acceptors (Lipinski definition) is 14. The summed E-state index contributed by atoms with van der Waals surface area (Å²) in [4.78, 5) is 129. The number of primary amides is 1. The van der Waals surface area contributed by atoms with Crippen LogP contribution in [0.15, 0.2) is 54.6 Å². The number of ether oxygens (including phenoxy) is 4. The van der Waals surface area contributed by atoms with Gasteiger partial charge >= 0.3 is 18.1 Å². The number of unbranched alkanes of at least 4 members (excludes halogenated alkanes) is 1. The maximum Gasteiger partial charge on any atom is 0.408 e. The number of nitrogens with one attached hydrogen (secondary N) is 5. The van der Waals surface area contributed by atoms with Crippen LogP contribution in [0.3, 0.4) is 0 Å². The molecule has 7 N–H and O–H groups in total. The van der Waals surface area contributed by atoms with E-state index in [-0.39, 0.29) is 73.1 Å². The maximum atomic E-state index is 14.9. The lowest BCUT2D eigenvalue weighted by Crippen LogP contribution is -2.60. The minimum absolute atomic E-state index is 0.0638. The number of alkyl carbamates (subject to hydrolysis) is 1. The van der Waals surface area contributed by atoms with Crippen LogP contribution in [-0.4, -0.2) is 190 Å². The van der Waals surface area contributed by atoms with Crippen molar-refractivity contribution < 1.29 is 62.1 Å². The van der Waals surface area contributed by atoms with Crippen LogP contribution >= 0.6 is 0 Å². The number of carbonyl (C=O) groups excluding carboxylic acids is 9. The number of amides is 9. The van der Waals surface area contributed by atoms with E-state index in [1.54, 1.807) is 65.4 Å². The zero-order valence-corrected chi connectivity index (χ0v) is 56.4. The van der Waals surface area contributed by atoms with Crippen LogP contribution in [0.2, 0.25) is 0 Å². The fraction of sp³-hybridized carbons (Fsp3) is 0.682. The zero-order chi connectivity index (χ0) is 67.0. The third kappa shape index (κ3) is 23.5. The topological polar surface area (TPSA) is 290 Å². The number of likely N-dealkylation sites (N-methyl/N-ethyl adjacent to an activating group) is 3. The molecule has 0 spiro atoms. The van der Waals surface area contributed by atoms with Crippen molar-refractivity contribution in [2.75, 3.05) is 67.0 Å². The molecule has 0 saturated carbocycles. The van der Waals surface area contributed by atoms with Crippen LogP contribution in [0.4, 0.5) is 15.3 Å². The number of urea groups is 1. The first-order chi connectivity index (χ1) is 41.8. The summed E-state index contributed by atoms with van der Waals surface area (Å²) in [6, 6.07) is 10.6. The molecule has 1 aliphatic rings. The predicted molar refractivity (Wildman–Crippen MR) is 343 cm³/mol. The largest absolute Gasteiger partial charge is 0.467 e. The molecule has 0 radical (unpaired) electrons. The Kier molecular flexibility index (Phi) is 31.5. The van der Waals surface area contributed by atoms with Gasteiger partial charge in [-0.1, -0.05) is 111 Å². The van der Waals surface area contributed by atoms with Gasteiger partial charge in [0.1, 0.15) is 29.8 Å². The van der Waals surface area contributed by atoms with Crippen molar-refractivity contribution in [2.24, 2.45) is 35.3 Å². The molecule has 2 aromatic carbocycles. The molecular formula is C66H108N10O13. The van der Waals surface area contributed by atoms with Gasteiger partial charge in [0.25, 0.3) is 0 Å². The van der Waals surface area contributed by atoms with Crippen LogP contribution in [0.5, 0.6) is 0 Å². The molecule has 89 heavy (non-hydrogen) atoms. The lowest BCUT2D eigenvalue weighted by molar-refractivity contribution is -0.149. The molecule has 11 atom stereocenters. The zero-order valence-electron chi connectivity index (χ0n) is 56.4. The van der Waals surface area contributed by atoms with Gasteiger partial charge in [-0.3, -0.25) is 33.7 Å². The molecule has 0 unspecified atom stereocenters. The number of likely N-dealkylation sites (tertiary alicyclic amines) is 1. The van der Waals surface area contributed by atoms with Crippen LogP contribution in [0.1, 0.15) is 139 Å². The lowest BCUT2D eigenvalue weighted by Gasteiger charge is -2.41. The summed E-state index contributed by atoms with van der Waals surface area (Å²) >= 11 is 0. The van der Waals surface area contributed by atoms with E-state index < -0.39 is 95.9 Å². The minimum atomic E-state index is -0.996. The average molecular weight is 1250 g/mol. The van der Waals surface area contributed by atoms with E-state index in [0.29, 0.717) is 57.3 Å². The number of hydrogen-bond donors (Lipinski definition) is 6. The molecule has 500 valence electrons. The molecule has 23 nitrogen and oxygen atoms in total. The number of nitrogens with two attached hydrogens (primary N) is 1. The molecule has 1 saturated heterocycles. The van der Waals surface area contributed by atoms with Crippen molar-refractivity contribution in [1.82, 2.24) is 41.3 Å². The van der Waals surface area contributed by atoms with Crippen LogP contribution in [-0.2, 0) is 65.4 Å². The summed E-state index contributed by atoms with van der Waals surface area (Å²) in [6.45, 7) is 23.3. The van der Waals surface area contributed by atoms with Gasteiger partial charge in [0.15, 0.2) is 0 Å². The smallest absolute Gasteiger partial charge is 0.408 e. The van der Waals surface area contributed by atoms with Gasteiger partial charge in [-0.15, -0.1) is 0 Å². The van der Waals surface area contributed by atoms with Crippen molar-refractivity contribution in [3.63, 3.8) is 0 Å². The molecule has 1 fully saturated rings. The maximum absolute atomic E-state index is 14.9.